The van der Waals surface area contributed by atoms with E-state index < -0.39 is 5.97 Å². The third kappa shape index (κ3) is 5.86. The number of amides is 2. The van der Waals surface area contributed by atoms with Gasteiger partial charge in [-0.15, -0.1) is 11.3 Å². The first kappa shape index (κ1) is 19.9. The van der Waals surface area contributed by atoms with Crippen molar-refractivity contribution in [2.45, 2.75) is 20.4 Å². The Labute approximate surface area is 160 Å². The van der Waals surface area contributed by atoms with Crippen molar-refractivity contribution >= 4 is 46.4 Å². The number of carbonyl (C=O) groups excluding carboxylic acids is 3. The summed E-state index contributed by atoms with van der Waals surface area (Å²) in [5.41, 5.74) is 0.750. The van der Waals surface area contributed by atoms with Crippen molar-refractivity contribution in [3.05, 3.63) is 51.2 Å². The zero-order chi connectivity index (χ0) is 19.1. The van der Waals surface area contributed by atoms with Crippen molar-refractivity contribution in [3.8, 4) is 0 Å². The summed E-state index contributed by atoms with van der Waals surface area (Å²) in [6.45, 7) is 3.79. The Morgan fingerprint density at radius 2 is 2.00 bits per heavy atom. The van der Waals surface area contributed by atoms with Gasteiger partial charge in [-0.05, 0) is 37.3 Å². The number of rotatable bonds is 7. The number of likely N-dealkylation sites (N-methyl/N-ethyl adjacent to an activating group) is 1. The molecule has 8 heteroatoms. The molecule has 138 valence electrons. The van der Waals surface area contributed by atoms with Crippen LogP contribution in [-0.2, 0) is 20.9 Å². The molecule has 0 saturated heterocycles. The van der Waals surface area contributed by atoms with Crippen molar-refractivity contribution in [2.75, 3.05) is 18.5 Å². The summed E-state index contributed by atoms with van der Waals surface area (Å²) < 4.78 is 5.77. The third-order valence-corrected chi connectivity index (χ3v) is 4.67. The number of nitrogens with one attached hydrogen (secondary N) is 1. The maximum absolute atomic E-state index is 12.3. The van der Waals surface area contributed by atoms with E-state index in [1.165, 1.54) is 24.3 Å². The highest BCUT2D eigenvalue weighted by molar-refractivity contribution is 7.16. The molecule has 0 fully saturated rings. The van der Waals surface area contributed by atoms with Crippen LogP contribution in [-0.4, -0.2) is 35.8 Å². The first-order chi connectivity index (χ1) is 12.4. The second kappa shape index (κ2) is 9.35. The molecular formula is C18H19ClN2O4S. The highest BCUT2D eigenvalue weighted by atomic mass is 35.5. The van der Waals surface area contributed by atoms with E-state index in [1.807, 2.05) is 13.0 Å². The molecule has 0 aliphatic rings. The zero-order valence-electron chi connectivity index (χ0n) is 14.5. The molecule has 2 amide bonds. The van der Waals surface area contributed by atoms with Crippen LogP contribution in [0.15, 0.2) is 36.4 Å². The standard InChI is InChI=1S/C18H19ClN2O4S/c1-3-21(10-15-7-8-16(19)26-15)17(23)11-25-18(24)13-5-4-6-14(9-13)20-12(2)22/h4-9H,3,10-11H2,1-2H3,(H,20,22). The van der Waals surface area contributed by atoms with Crippen LogP contribution in [0.5, 0.6) is 0 Å². The van der Waals surface area contributed by atoms with Gasteiger partial charge in [-0.1, -0.05) is 17.7 Å². The molecule has 6 nitrogen and oxygen atoms in total. The van der Waals surface area contributed by atoms with E-state index in [9.17, 15) is 14.4 Å². The average Bonchev–Trinajstić information content (AvgIpc) is 3.02. The highest BCUT2D eigenvalue weighted by Crippen LogP contribution is 2.22. The Morgan fingerprint density at radius 1 is 1.23 bits per heavy atom. The monoisotopic (exact) mass is 394 g/mol. The van der Waals surface area contributed by atoms with Gasteiger partial charge in [0.1, 0.15) is 0 Å². The minimum atomic E-state index is -0.624. The predicted molar refractivity (Wildman–Crippen MR) is 101 cm³/mol. The number of esters is 1. The van der Waals surface area contributed by atoms with E-state index in [4.69, 9.17) is 16.3 Å². The van der Waals surface area contributed by atoms with Crippen LogP contribution in [0, 0.1) is 0 Å². The molecule has 1 heterocycles. The Kier molecular flexibility index (Phi) is 7.17. The topological polar surface area (TPSA) is 75.7 Å². The fourth-order valence-corrected chi connectivity index (χ4v) is 3.33. The van der Waals surface area contributed by atoms with Gasteiger partial charge in [-0.2, -0.15) is 0 Å². The summed E-state index contributed by atoms with van der Waals surface area (Å²) >= 11 is 7.31. The van der Waals surface area contributed by atoms with E-state index in [2.05, 4.69) is 5.32 Å². The van der Waals surface area contributed by atoms with Gasteiger partial charge in [0, 0.05) is 24.0 Å². The van der Waals surface area contributed by atoms with E-state index in [0.29, 0.717) is 23.1 Å². The molecule has 1 aromatic carbocycles. The van der Waals surface area contributed by atoms with Crippen molar-refractivity contribution < 1.29 is 19.1 Å². The molecule has 0 bridgehead atoms. The first-order valence-electron chi connectivity index (χ1n) is 7.95. The quantitative estimate of drug-likeness (QED) is 0.728. The molecule has 0 aliphatic heterocycles. The Bertz CT molecular complexity index is 806. The van der Waals surface area contributed by atoms with Crippen molar-refractivity contribution in [1.82, 2.24) is 4.90 Å². The van der Waals surface area contributed by atoms with Crippen molar-refractivity contribution in [1.29, 1.82) is 0 Å². The molecule has 1 aromatic heterocycles. The molecule has 0 aliphatic carbocycles. The fourth-order valence-electron chi connectivity index (χ4n) is 2.23. The molecule has 1 N–H and O–H groups in total. The lowest BCUT2D eigenvalue weighted by Crippen LogP contribution is -2.33. The maximum atomic E-state index is 12.3. The van der Waals surface area contributed by atoms with Gasteiger partial charge in [0.15, 0.2) is 6.61 Å². The number of thiophene rings is 1. The number of benzene rings is 1. The Hall–Kier alpha value is -2.38. The normalized spacial score (nSPS) is 10.3. The maximum Gasteiger partial charge on any atom is 0.338 e. The van der Waals surface area contributed by atoms with E-state index in [0.717, 1.165) is 4.88 Å². The number of ether oxygens (including phenoxy) is 1. The molecule has 0 spiro atoms. The van der Waals surface area contributed by atoms with Crippen LogP contribution in [0.1, 0.15) is 29.1 Å². The van der Waals surface area contributed by atoms with Crippen LogP contribution in [0.4, 0.5) is 5.69 Å². The van der Waals surface area contributed by atoms with Gasteiger partial charge in [-0.3, -0.25) is 9.59 Å². The number of hydrogen-bond donors (Lipinski definition) is 1. The SMILES string of the molecule is CCN(Cc1ccc(Cl)s1)C(=O)COC(=O)c1cccc(NC(C)=O)c1. The predicted octanol–water partition coefficient (Wildman–Crippen LogP) is 3.57. The van der Waals surface area contributed by atoms with E-state index in [-0.39, 0.29) is 24.0 Å². The largest absolute Gasteiger partial charge is 0.452 e. The average molecular weight is 395 g/mol. The van der Waals surface area contributed by atoms with Crippen molar-refractivity contribution in [3.63, 3.8) is 0 Å². The van der Waals surface area contributed by atoms with Crippen LogP contribution >= 0.6 is 22.9 Å². The van der Waals surface area contributed by atoms with Crippen LogP contribution in [0.3, 0.4) is 0 Å². The molecule has 0 unspecified atom stereocenters. The van der Waals surface area contributed by atoms with Crippen LogP contribution in [0.2, 0.25) is 4.34 Å². The number of hydrogen-bond acceptors (Lipinski definition) is 5. The molecule has 0 atom stereocenters. The minimum Gasteiger partial charge on any atom is -0.452 e. The number of halogens is 1. The Morgan fingerprint density at radius 3 is 2.62 bits per heavy atom. The minimum absolute atomic E-state index is 0.238. The van der Waals surface area contributed by atoms with Gasteiger partial charge in [0.2, 0.25) is 5.91 Å². The molecule has 0 saturated carbocycles. The second-order valence-corrected chi connectivity index (χ2v) is 7.25. The van der Waals surface area contributed by atoms with Crippen LogP contribution < -0.4 is 5.32 Å². The molecule has 2 aromatic rings. The summed E-state index contributed by atoms with van der Waals surface area (Å²) in [5, 5.41) is 2.59. The third-order valence-electron chi connectivity index (χ3n) is 3.46. The van der Waals surface area contributed by atoms with E-state index >= 15 is 0 Å². The molecule has 0 radical (unpaired) electrons. The second-order valence-electron chi connectivity index (χ2n) is 5.45. The van der Waals surface area contributed by atoms with Gasteiger partial charge in [0.25, 0.3) is 5.91 Å². The molecule has 26 heavy (non-hydrogen) atoms. The smallest absolute Gasteiger partial charge is 0.338 e. The highest BCUT2D eigenvalue weighted by Gasteiger charge is 2.16. The summed E-state index contributed by atoms with van der Waals surface area (Å²) in [7, 11) is 0. The lowest BCUT2D eigenvalue weighted by Gasteiger charge is -2.20. The van der Waals surface area contributed by atoms with Gasteiger partial charge < -0.3 is 15.0 Å². The number of carbonyl (C=O) groups is 3. The number of nitrogens with zero attached hydrogens (tertiary/aromatic N) is 1. The van der Waals surface area contributed by atoms with Gasteiger partial charge in [0.05, 0.1) is 16.4 Å². The summed E-state index contributed by atoms with van der Waals surface area (Å²) in [6, 6.07) is 9.99. The Balaban J connectivity index is 1.92. The molecular weight excluding hydrogens is 376 g/mol. The number of anilines is 1. The van der Waals surface area contributed by atoms with Gasteiger partial charge in [-0.25, -0.2) is 4.79 Å². The molecule has 2 rings (SSSR count). The van der Waals surface area contributed by atoms with Crippen molar-refractivity contribution in [2.24, 2.45) is 0 Å². The lowest BCUT2D eigenvalue weighted by molar-refractivity contribution is -0.134. The zero-order valence-corrected chi connectivity index (χ0v) is 16.0. The summed E-state index contributed by atoms with van der Waals surface area (Å²) in [6.07, 6.45) is 0. The van der Waals surface area contributed by atoms with E-state index in [1.54, 1.807) is 29.2 Å². The fraction of sp³-hybridized carbons (Fsp3) is 0.278. The first-order valence-corrected chi connectivity index (χ1v) is 9.15. The lowest BCUT2D eigenvalue weighted by atomic mass is 10.2. The summed E-state index contributed by atoms with van der Waals surface area (Å²) in [5.74, 6) is -1.15. The summed E-state index contributed by atoms with van der Waals surface area (Å²) in [4.78, 5) is 38.1. The van der Waals surface area contributed by atoms with Gasteiger partial charge >= 0.3 is 5.97 Å². The van der Waals surface area contributed by atoms with Crippen LogP contribution in [0.25, 0.3) is 0 Å².